The van der Waals surface area contributed by atoms with Gasteiger partial charge in [-0.05, 0) is 26.2 Å². The van der Waals surface area contributed by atoms with Crippen LogP contribution >= 0.6 is 0 Å². The van der Waals surface area contributed by atoms with E-state index < -0.39 is 0 Å². The van der Waals surface area contributed by atoms with Gasteiger partial charge in [0, 0.05) is 24.8 Å². The molecule has 0 bridgehead atoms. The van der Waals surface area contributed by atoms with Crippen molar-refractivity contribution < 1.29 is 0 Å². The van der Waals surface area contributed by atoms with Crippen molar-refractivity contribution in [3.8, 4) is 0 Å². The molecule has 4 nitrogen and oxygen atoms in total. The molecule has 1 aromatic rings. The summed E-state index contributed by atoms with van der Waals surface area (Å²) in [7, 11) is 0. The predicted molar refractivity (Wildman–Crippen MR) is 71.4 cm³/mol. The van der Waals surface area contributed by atoms with Crippen molar-refractivity contribution >= 4 is 11.8 Å². The summed E-state index contributed by atoms with van der Waals surface area (Å²) >= 11 is 0. The van der Waals surface area contributed by atoms with Crippen molar-refractivity contribution in [2.45, 2.75) is 39.5 Å². The summed E-state index contributed by atoms with van der Waals surface area (Å²) in [5, 5.41) is 6.54. The van der Waals surface area contributed by atoms with E-state index in [0.717, 1.165) is 36.5 Å². The Balaban J connectivity index is 1.85. The lowest BCUT2D eigenvalue weighted by molar-refractivity contribution is 0.303. The monoisotopic (exact) mass is 234 g/mol. The van der Waals surface area contributed by atoms with Gasteiger partial charge in [-0.1, -0.05) is 19.3 Å². The highest BCUT2D eigenvalue weighted by Gasteiger charge is 2.16. The van der Waals surface area contributed by atoms with Gasteiger partial charge in [0.25, 0.3) is 0 Å². The van der Waals surface area contributed by atoms with Gasteiger partial charge in [0.1, 0.15) is 5.82 Å². The van der Waals surface area contributed by atoms with E-state index in [0.29, 0.717) is 0 Å². The van der Waals surface area contributed by atoms with Crippen LogP contribution in [0.15, 0.2) is 6.07 Å². The number of hydrogen-bond acceptors (Lipinski definition) is 4. The number of nitrogens with one attached hydrogen (secondary N) is 2. The fraction of sp³-hybridized carbons (Fsp3) is 0.692. The minimum Gasteiger partial charge on any atom is -0.370 e. The van der Waals surface area contributed by atoms with Gasteiger partial charge in [0.15, 0.2) is 0 Å². The second-order valence-corrected chi connectivity index (χ2v) is 4.76. The van der Waals surface area contributed by atoms with Crippen LogP contribution in [0.2, 0.25) is 0 Å². The maximum absolute atomic E-state index is 4.43. The molecule has 17 heavy (non-hydrogen) atoms. The van der Waals surface area contributed by atoms with Gasteiger partial charge in [0.2, 0.25) is 5.95 Å². The Kier molecular flexibility index (Phi) is 4.18. The summed E-state index contributed by atoms with van der Waals surface area (Å²) in [4.78, 5) is 8.76. The van der Waals surface area contributed by atoms with Crippen molar-refractivity contribution in [2.75, 3.05) is 23.7 Å². The largest absolute Gasteiger partial charge is 0.370 e. The molecule has 0 amide bonds. The van der Waals surface area contributed by atoms with Crippen LogP contribution in [0.3, 0.4) is 0 Å². The molecule has 1 fully saturated rings. The zero-order chi connectivity index (χ0) is 12.1. The maximum Gasteiger partial charge on any atom is 0.224 e. The molecule has 1 aromatic heterocycles. The van der Waals surface area contributed by atoms with E-state index in [2.05, 4.69) is 27.5 Å². The Morgan fingerprint density at radius 3 is 2.76 bits per heavy atom. The van der Waals surface area contributed by atoms with Gasteiger partial charge >= 0.3 is 0 Å². The number of aromatic nitrogens is 2. The van der Waals surface area contributed by atoms with Crippen molar-refractivity contribution in [1.29, 1.82) is 0 Å². The quantitative estimate of drug-likeness (QED) is 0.794. The fourth-order valence-electron chi connectivity index (χ4n) is 2.08. The van der Waals surface area contributed by atoms with E-state index >= 15 is 0 Å². The molecule has 0 aromatic carbocycles. The number of aryl methyl sites for hydroxylation is 1. The molecule has 1 aliphatic carbocycles. The molecule has 4 heteroatoms. The summed E-state index contributed by atoms with van der Waals surface area (Å²) < 4.78 is 0. The molecule has 1 aliphatic rings. The average molecular weight is 234 g/mol. The summed E-state index contributed by atoms with van der Waals surface area (Å²) in [5.41, 5.74) is 1.00. The van der Waals surface area contributed by atoms with Crippen LogP contribution in [-0.4, -0.2) is 23.1 Å². The van der Waals surface area contributed by atoms with E-state index in [1.54, 1.807) is 0 Å². The van der Waals surface area contributed by atoms with E-state index in [1.165, 1.54) is 25.7 Å². The molecule has 0 radical (unpaired) electrons. The first-order valence-corrected chi connectivity index (χ1v) is 6.61. The van der Waals surface area contributed by atoms with Gasteiger partial charge < -0.3 is 10.6 Å². The Morgan fingerprint density at radius 2 is 2.12 bits per heavy atom. The second-order valence-electron chi connectivity index (χ2n) is 4.76. The number of anilines is 2. The number of rotatable bonds is 6. The standard InChI is InChI=1S/C13H22N4/c1-3-14-13-16-10(2)9-12(17-13)15-8-7-11-5-4-6-11/h9,11H,3-8H2,1-2H3,(H2,14,15,16,17). The van der Waals surface area contributed by atoms with Crippen LogP contribution in [0.5, 0.6) is 0 Å². The van der Waals surface area contributed by atoms with Crippen LogP contribution in [0.25, 0.3) is 0 Å². The van der Waals surface area contributed by atoms with Crippen molar-refractivity contribution in [3.63, 3.8) is 0 Å². The molecular formula is C13H22N4. The van der Waals surface area contributed by atoms with E-state index in [1.807, 2.05) is 13.0 Å². The SMILES string of the molecule is CCNc1nc(C)cc(NCCC2CCC2)n1. The minimum atomic E-state index is 0.721. The van der Waals surface area contributed by atoms with Crippen LogP contribution in [0, 0.1) is 12.8 Å². The molecule has 0 spiro atoms. The Labute approximate surface area is 103 Å². The first-order chi connectivity index (χ1) is 8.28. The normalized spacial score (nSPS) is 15.4. The first-order valence-electron chi connectivity index (χ1n) is 6.61. The Hall–Kier alpha value is -1.32. The molecule has 1 heterocycles. The molecule has 0 unspecified atom stereocenters. The zero-order valence-corrected chi connectivity index (χ0v) is 10.8. The van der Waals surface area contributed by atoms with Crippen LogP contribution in [0.4, 0.5) is 11.8 Å². The molecule has 0 aliphatic heterocycles. The van der Waals surface area contributed by atoms with Gasteiger partial charge in [-0.15, -0.1) is 0 Å². The summed E-state index contributed by atoms with van der Waals surface area (Å²) in [6, 6.07) is 2.00. The summed E-state index contributed by atoms with van der Waals surface area (Å²) in [6.07, 6.45) is 5.50. The molecule has 2 rings (SSSR count). The average Bonchev–Trinajstić information content (AvgIpc) is 2.21. The third kappa shape index (κ3) is 3.58. The summed E-state index contributed by atoms with van der Waals surface area (Å²) in [6.45, 7) is 5.92. The number of nitrogens with zero attached hydrogens (tertiary/aromatic N) is 2. The van der Waals surface area contributed by atoms with Gasteiger partial charge in [-0.3, -0.25) is 0 Å². The third-order valence-electron chi connectivity index (χ3n) is 3.27. The van der Waals surface area contributed by atoms with E-state index in [4.69, 9.17) is 0 Å². The van der Waals surface area contributed by atoms with Crippen molar-refractivity contribution in [2.24, 2.45) is 5.92 Å². The summed E-state index contributed by atoms with van der Waals surface area (Å²) in [5.74, 6) is 2.60. The van der Waals surface area contributed by atoms with Crippen molar-refractivity contribution in [3.05, 3.63) is 11.8 Å². The molecule has 2 N–H and O–H groups in total. The van der Waals surface area contributed by atoms with Crippen LogP contribution in [0.1, 0.15) is 38.3 Å². The fourth-order valence-corrected chi connectivity index (χ4v) is 2.08. The van der Waals surface area contributed by atoms with E-state index in [9.17, 15) is 0 Å². The molecule has 1 saturated carbocycles. The molecule has 0 atom stereocenters. The highest BCUT2D eigenvalue weighted by molar-refractivity contribution is 5.41. The lowest BCUT2D eigenvalue weighted by Crippen LogP contribution is -2.16. The second kappa shape index (κ2) is 5.84. The number of hydrogen-bond donors (Lipinski definition) is 2. The molecule has 94 valence electrons. The third-order valence-corrected chi connectivity index (χ3v) is 3.27. The topological polar surface area (TPSA) is 49.8 Å². The lowest BCUT2D eigenvalue weighted by atomic mass is 9.83. The lowest BCUT2D eigenvalue weighted by Gasteiger charge is -2.25. The highest BCUT2D eigenvalue weighted by atomic mass is 15.1. The zero-order valence-electron chi connectivity index (χ0n) is 10.8. The van der Waals surface area contributed by atoms with Crippen molar-refractivity contribution in [1.82, 2.24) is 9.97 Å². The Bertz CT molecular complexity index is 360. The molecule has 0 saturated heterocycles. The van der Waals surface area contributed by atoms with Gasteiger partial charge in [0.05, 0.1) is 0 Å². The van der Waals surface area contributed by atoms with Gasteiger partial charge in [-0.2, -0.15) is 4.98 Å². The first kappa shape index (κ1) is 12.1. The molecular weight excluding hydrogens is 212 g/mol. The van der Waals surface area contributed by atoms with Crippen LogP contribution < -0.4 is 10.6 Å². The maximum atomic E-state index is 4.43. The highest BCUT2D eigenvalue weighted by Crippen LogP contribution is 2.29. The minimum absolute atomic E-state index is 0.721. The predicted octanol–water partition coefficient (Wildman–Crippen LogP) is 2.82. The smallest absolute Gasteiger partial charge is 0.224 e. The van der Waals surface area contributed by atoms with E-state index in [-0.39, 0.29) is 0 Å². The van der Waals surface area contributed by atoms with Gasteiger partial charge in [-0.25, -0.2) is 4.98 Å². The van der Waals surface area contributed by atoms with Crippen LogP contribution in [-0.2, 0) is 0 Å². The Morgan fingerprint density at radius 1 is 1.29 bits per heavy atom.